The number of pyridine rings is 1. The number of carbonyl (C=O) groups is 1. The Labute approximate surface area is 264 Å². The maximum atomic E-state index is 15.3. The molecular weight excluding hydrogens is 581 g/mol. The lowest BCUT2D eigenvalue weighted by molar-refractivity contribution is -0.0412. The molecule has 2 fully saturated rings. The predicted octanol–water partition coefficient (Wildman–Crippen LogP) is 5.41. The molecule has 6 heterocycles. The average molecular weight is 612 g/mol. The summed E-state index contributed by atoms with van der Waals surface area (Å²) in [7, 11) is 0. The zero-order valence-corrected chi connectivity index (χ0v) is 25.0. The van der Waals surface area contributed by atoms with Crippen molar-refractivity contribution in [3.63, 3.8) is 0 Å². The number of nitriles is 1. The van der Waals surface area contributed by atoms with Crippen LogP contribution in [-0.2, 0) is 5.54 Å². The highest BCUT2D eigenvalue weighted by atomic mass is 19.1. The number of hydrogen-bond acceptors (Lipinski definition) is 7. The van der Waals surface area contributed by atoms with Gasteiger partial charge in [-0.05, 0) is 54.1 Å². The van der Waals surface area contributed by atoms with Crippen molar-refractivity contribution in [2.24, 2.45) is 0 Å². The molecule has 4 aromatic heterocycles. The van der Waals surface area contributed by atoms with Crippen molar-refractivity contribution in [3.05, 3.63) is 97.2 Å². The Morgan fingerprint density at radius 3 is 2.72 bits per heavy atom. The highest BCUT2D eigenvalue weighted by Crippen LogP contribution is 2.37. The molecule has 0 bridgehead atoms. The molecule has 0 aliphatic carbocycles. The second-order valence-electron chi connectivity index (χ2n) is 12.3. The van der Waals surface area contributed by atoms with Crippen molar-refractivity contribution in [3.8, 4) is 28.5 Å². The summed E-state index contributed by atoms with van der Waals surface area (Å²) >= 11 is 0. The first kappa shape index (κ1) is 28.0. The van der Waals surface area contributed by atoms with E-state index >= 15 is 4.39 Å². The van der Waals surface area contributed by atoms with Crippen LogP contribution < -0.4 is 0 Å². The standard InChI is InChI=1S/C35H30FN9O/c36-31-16-25(3-4-29(31)24-2-1-23-5-11-38-17-26(23)15-24)34(46)43-13-7-28(8-14-43)44-20-35(21-44,9-10-37)45-19-27(18-42-45)32-30-6-12-39-33(30)41-22-40-32/h1-6,11-12,15-19,22,28H,7-9,13-14,20-21H2,(H,39,40,41). The Morgan fingerprint density at radius 1 is 1.02 bits per heavy atom. The predicted molar refractivity (Wildman–Crippen MR) is 171 cm³/mol. The van der Waals surface area contributed by atoms with Gasteiger partial charge in [-0.1, -0.05) is 18.2 Å². The number of piperidine rings is 1. The number of H-pyrrole nitrogens is 1. The Morgan fingerprint density at radius 2 is 1.89 bits per heavy atom. The van der Waals surface area contributed by atoms with E-state index in [1.807, 2.05) is 52.3 Å². The molecule has 11 heteroatoms. The molecule has 2 saturated heterocycles. The fourth-order valence-electron chi connectivity index (χ4n) is 7.01. The van der Waals surface area contributed by atoms with Gasteiger partial charge in [-0.3, -0.25) is 19.4 Å². The summed E-state index contributed by atoms with van der Waals surface area (Å²) in [4.78, 5) is 33.6. The van der Waals surface area contributed by atoms with Crippen molar-refractivity contribution >= 4 is 27.7 Å². The van der Waals surface area contributed by atoms with Gasteiger partial charge in [0.15, 0.2) is 0 Å². The van der Waals surface area contributed by atoms with Crippen LogP contribution in [0.15, 0.2) is 85.8 Å². The first-order chi connectivity index (χ1) is 22.5. The third-order valence-electron chi connectivity index (χ3n) is 9.53. The number of aromatic amines is 1. The van der Waals surface area contributed by atoms with E-state index in [9.17, 15) is 10.1 Å². The van der Waals surface area contributed by atoms with Gasteiger partial charge in [0, 0.05) is 84.5 Å². The van der Waals surface area contributed by atoms with Crippen LogP contribution in [0.2, 0.25) is 0 Å². The molecule has 2 aliphatic heterocycles. The van der Waals surface area contributed by atoms with Crippen molar-refractivity contribution in [1.82, 2.24) is 39.5 Å². The number of rotatable bonds is 6. The van der Waals surface area contributed by atoms with Gasteiger partial charge in [0.05, 0.1) is 24.4 Å². The molecule has 0 spiro atoms. The number of aromatic nitrogens is 6. The molecule has 8 rings (SSSR count). The van der Waals surface area contributed by atoms with E-state index in [0.717, 1.165) is 51.5 Å². The number of nitrogens with zero attached hydrogens (tertiary/aromatic N) is 8. The summed E-state index contributed by atoms with van der Waals surface area (Å²) in [6.07, 6.45) is 12.6. The molecule has 6 aromatic rings. The molecule has 0 saturated carbocycles. The summed E-state index contributed by atoms with van der Waals surface area (Å²) in [6.45, 7) is 2.61. The van der Waals surface area contributed by atoms with Crippen LogP contribution in [0.3, 0.4) is 0 Å². The van der Waals surface area contributed by atoms with Crippen LogP contribution in [-0.4, -0.2) is 77.6 Å². The molecule has 0 radical (unpaired) electrons. The zero-order chi connectivity index (χ0) is 31.3. The van der Waals surface area contributed by atoms with Crippen LogP contribution in [0.25, 0.3) is 44.2 Å². The molecule has 228 valence electrons. The van der Waals surface area contributed by atoms with Crippen molar-refractivity contribution in [1.29, 1.82) is 5.26 Å². The van der Waals surface area contributed by atoms with Gasteiger partial charge in [-0.2, -0.15) is 10.4 Å². The molecular formula is C35H30FN9O. The normalized spacial score (nSPS) is 16.8. The number of nitrogens with one attached hydrogen (secondary N) is 1. The van der Waals surface area contributed by atoms with Crippen LogP contribution in [0.4, 0.5) is 4.39 Å². The maximum absolute atomic E-state index is 15.3. The van der Waals surface area contributed by atoms with E-state index in [-0.39, 0.29) is 5.91 Å². The fraction of sp³-hybridized carbons (Fsp3) is 0.257. The van der Waals surface area contributed by atoms with Gasteiger partial charge in [0.2, 0.25) is 0 Å². The molecule has 2 aliphatic rings. The molecule has 46 heavy (non-hydrogen) atoms. The maximum Gasteiger partial charge on any atom is 0.253 e. The summed E-state index contributed by atoms with van der Waals surface area (Å²) < 4.78 is 17.2. The minimum Gasteiger partial charge on any atom is -0.346 e. The van der Waals surface area contributed by atoms with E-state index in [1.165, 1.54) is 12.4 Å². The number of likely N-dealkylation sites (tertiary alicyclic amines) is 2. The Bertz CT molecular complexity index is 2130. The van der Waals surface area contributed by atoms with Crippen LogP contribution in [0.1, 0.15) is 29.6 Å². The number of hydrogen-bond donors (Lipinski definition) is 1. The van der Waals surface area contributed by atoms with E-state index in [4.69, 9.17) is 0 Å². The summed E-state index contributed by atoms with van der Waals surface area (Å²) in [5.74, 6) is -0.572. The highest BCUT2D eigenvalue weighted by molar-refractivity contribution is 5.95. The van der Waals surface area contributed by atoms with Crippen LogP contribution >= 0.6 is 0 Å². The molecule has 1 amide bonds. The van der Waals surface area contributed by atoms with Gasteiger partial charge in [-0.15, -0.1) is 0 Å². The minimum atomic E-state index is -0.419. The number of halogens is 1. The third kappa shape index (κ3) is 4.78. The third-order valence-corrected chi connectivity index (χ3v) is 9.53. The Kier molecular flexibility index (Phi) is 6.80. The molecule has 10 nitrogen and oxygen atoms in total. The largest absolute Gasteiger partial charge is 0.346 e. The summed E-state index contributed by atoms with van der Waals surface area (Å²) in [6, 6.07) is 17.0. The molecule has 2 aromatic carbocycles. The van der Waals surface area contributed by atoms with Crippen molar-refractivity contribution < 1.29 is 9.18 Å². The van der Waals surface area contributed by atoms with Crippen LogP contribution in [0.5, 0.6) is 0 Å². The second kappa shape index (κ2) is 11.2. The first-order valence-corrected chi connectivity index (χ1v) is 15.4. The highest BCUT2D eigenvalue weighted by Gasteiger charge is 2.48. The number of carbonyl (C=O) groups excluding carboxylic acids is 1. The summed E-state index contributed by atoms with van der Waals surface area (Å²) in [5.41, 5.74) is 3.61. The lowest BCUT2D eigenvalue weighted by Gasteiger charge is -2.53. The zero-order valence-electron chi connectivity index (χ0n) is 25.0. The number of fused-ring (bicyclic) bond motifs is 2. The lowest BCUT2D eigenvalue weighted by atomic mass is 9.83. The Hall–Kier alpha value is -5.47. The van der Waals surface area contributed by atoms with Crippen molar-refractivity contribution in [2.45, 2.75) is 30.8 Å². The van der Waals surface area contributed by atoms with Gasteiger partial charge < -0.3 is 9.88 Å². The topological polar surface area (TPSA) is 120 Å². The SMILES string of the molecule is N#CCC1(n2cc(-c3ncnc4[nH]ccc34)cn2)CN(C2CCN(C(=O)c3ccc(-c4ccc5ccncc5c4)c(F)c3)CC2)C1. The molecule has 0 atom stereocenters. The quantitative estimate of drug-likeness (QED) is 0.268. The first-order valence-electron chi connectivity index (χ1n) is 15.4. The minimum absolute atomic E-state index is 0.153. The van der Waals surface area contributed by atoms with E-state index in [0.29, 0.717) is 49.8 Å². The fourth-order valence-corrected chi connectivity index (χ4v) is 7.01. The van der Waals surface area contributed by atoms with Gasteiger partial charge in [0.1, 0.15) is 23.3 Å². The monoisotopic (exact) mass is 611 g/mol. The van der Waals surface area contributed by atoms with E-state index in [2.05, 4.69) is 36.0 Å². The van der Waals surface area contributed by atoms with E-state index < -0.39 is 11.4 Å². The van der Waals surface area contributed by atoms with Gasteiger partial charge >= 0.3 is 0 Å². The lowest BCUT2D eigenvalue weighted by Crippen LogP contribution is -2.66. The van der Waals surface area contributed by atoms with Gasteiger partial charge in [-0.25, -0.2) is 14.4 Å². The smallest absolute Gasteiger partial charge is 0.253 e. The van der Waals surface area contributed by atoms with Crippen LogP contribution in [0, 0.1) is 17.1 Å². The molecule has 0 unspecified atom stereocenters. The molecule has 1 N–H and O–H groups in total. The number of amides is 1. The second-order valence-corrected chi connectivity index (χ2v) is 12.3. The number of benzene rings is 2. The summed E-state index contributed by atoms with van der Waals surface area (Å²) in [5, 5.41) is 17.3. The van der Waals surface area contributed by atoms with E-state index in [1.54, 1.807) is 30.7 Å². The average Bonchev–Trinajstić information content (AvgIpc) is 3.77. The van der Waals surface area contributed by atoms with Crippen molar-refractivity contribution in [2.75, 3.05) is 26.2 Å². The Balaban J connectivity index is 0.914. The van der Waals surface area contributed by atoms with Gasteiger partial charge in [0.25, 0.3) is 5.91 Å².